The van der Waals surface area contributed by atoms with Crippen molar-refractivity contribution in [3.63, 3.8) is 0 Å². The number of fused-ring (bicyclic) bond motifs is 6. The number of amides is 6. The Morgan fingerprint density at radius 1 is 0.772 bits per heavy atom. The summed E-state index contributed by atoms with van der Waals surface area (Å²) in [6.45, 7) is 11.4. The molecule has 0 bridgehead atoms. The Morgan fingerprint density at radius 2 is 1.42 bits per heavy atom. The number of imide groups is 1. The third kappa shape index (κ3) is 15.4. The summed E-state index contributed by atoms with van der Waals surface area (Å²) in [7, 11) is 0.573. The fourth-order valence-electron chi connectivity index (χ4n) is 12.0. The molecule has 5 aliphatic heterocycles. The molecule has 0 saturated carbocycles. The molecule has 10 rings (SSSR count). The Kier molecular flexibility index (Phi) is 20.7. The van der Waals surface area contributed by atoms with Crippen LogP contribution in [0.15, 0.2) is 96.0 Å². The second kappa shape index (κ2) is 28.4. The summed E-state index contributed by atoms with van der Waals surface area (Å²) in [6.07, 6.45) is 4.47. The van der Waals surface area contributed by atoms with Crippen LogP contribution in [-0.4, -0.2) is 125 Å². The molecular formula is C68H76N6O15S3. The van der Waals surface area contributed by atoms with Gasteiger partial charge in [-0.05, 0) is 147 Å². The van der Waals surface area contributed by atoms with Gasteiger partial charge in [0, 0.05) is 84.3 Å². The first-order valence-electron chi connectivity index (χ1n) is 30.7. The Bertz CT molecular complexity index is 3890. The third-order valence-corrected chi connectivity index (χ3v) is 22.4. The van der Waals surface area contributed by atoms with Crippen LogP contribution in [0.5, 0.6) is 17.2 Å². The first kappa shape index (κ1) is 66.8. The number of nitrogens with zero attached hydrogens (tertiary/aromatic N) is 4. The quantitative estimate of drug-likeness (QED) is 0.0238. The van der Waals surface area contributed by atoms with Crippen molar-refractivity contribution in [3.8, 4) is 17.2 Å². The van der Waals surface area contributed by atoms with Crippen LogP contribution in [0.1, 0.15) is 138 Å². The summed E-state index contributed by atoms with van der Waals surface area (Å²) in [5.41, 5.74) is 9.57. The number of hydroxylamine groups is 2. The van der Waals surface area contributed by atoms with E-state index in [2.05, 4.69) is 39.1 Å². The van der Waals surface area contributed by atoms with Crippen LogP contribution < -0.4 is 24.8 Å². The first-order chi connectivity index (χ1) is 43.9. The zero-order chi connectivity index (χ0) is 65.8. The van der Waals surface area contributed by atoms with Gasteiger partial charge in [0.15, 0.2) is 22.5 Å². The second-order valence-electron chi connectivity index (χ2n) is 24.8. The van der Waals surface area contributed by atoms with E-state index in [1.54, 1.807) is 38.1 Å². The lowest BCUT2D eigenvalue weighted by atomic mass is 9.92. The summed E-state index contributed by atoms with van der Waals surface area (Å²) in [5.74, 6) is -4.27. The van der Waals surface area contributed by atoms with Gasteiger partial charge in [-0.25, -0.2) is 4.79 Å². The maximum atomic E-state index is 14.2. The monoisotopic (exact) mass is 1310 g/mol. The van der Waals surface area contributed by atoms with Gasteiger partial charge in [0.25, 0.3) is 33.7 Å². The summed E-state index contributed by atoms with van der Waals surface area (Å²) in [4.78, 5) is 120. The van der Waals surface area contributed by atoms with Crippen molar-refractivity contribution in [2.45, 2.75) is 154 Å². The molecule has 2 N–H and O–H groups in total. The molecule has 0 aliphatic carbocycles. The smallest absolute Gasteiger partial charge is 0.353 e. The minimum atomic E-state index is -4.46. The highest BCUT2D eigenvalue weighted by molar-refractivity contribution is 8.77. The SMILES string of the molecule is COc1cc2c(cc1OCc1cc(COc3cc4c(cc3C)C(=O)N3Cc5ccccc5C[C@H]3C=N4)cc(NC(=O)[C@H](C)CC(=O)[C@H](C)NC(=O)CCC(C)(C)SSCCC(C(=O)ON3C(=O)CC(C)C3=O)S(=O)(=O)OC)c1)CC[C@@H]1Cc3ccccc3CN1C2=O. The van der Waals surface area contributed by atoms with Crippen molar-refractivity contribution >= 4 is 96.5 Å². The van der Waals surface area contributed by atoms with Crippen LogP contribution >= 0.6 is 21.6 Å². The van der Waals surface area contributed by atoms with E-state index in [4.69, 9.17) is 24.0 Å². The average Bonchev–Trinajstić information content (AvgIpc) is 1.55. The molecule has 21 nitrogen and oxygen atoms in total. The number of carbonyl (C=O) groups is 8. The highest BCUT2D eigenvalue weighted by atomic mass is 33.1. The lowest BCUT2D eigenvalue weighted by Crippen LogP contribution is -2.44. The fourth-order valence-corrected chi connectivity index (χ4v) is 15.8. The van der Waals surface area contributed by atoms with Crippen LogP contribution in [0.2, 0.25) is 0 Å². The number of anilines is 1. The number of aliphatic imine (C=N–C) groups is 1. The van der Waals surface area contributed by atoms with Crippen LogP contribution in [-0.2, 0) is 93.5 Å². The molecule has 24 heteroatoms. The highest BCUT2D eigenvalue weighted by Gasteiger charge is 2.43. The fraction of sp³-hybridized carbons (Fsp3) is 0.426. The number of ketones is 1. The topological polar surface area (TPSA) is 263 Å². The van der Waals surface area contributed by atoms with E-state index in [-0.39, 0.29) is 74.3 Å². The van der Waals surface area contributed by atoms with Gasteiger partial charge in [0.1, 0.15) is 19.0 Å². The molecule has 5 aromatic carbocycles. The van der Waals surface area contributed by atoms with E-state index in [1.165, 1.54) is 46.7 Å². The van der Waals surface area contributed by atoms with Gasteiger partial charge in [0.2, 0.25) is 11.8 Å². The number of hydrogen-bond donors (Lipinski definition) is 2. The normalized spacial score (nSPS) is 18.6. The molecule has 5 heterocycles. The van der Waals surface area contributed by atoms with E-state index in [0.29, 0.717) is 88.3 Å². The maximum absolute atomic E-state index is 14.2. The zero-order valence-corrected chi connectivity index (χ0v) is 55.2. The number of hydrogen-bond acceptors (Lipinski definition) is 18. The number of methoxy groups -OCH3 is 1. The number of benzene rings is 5. The molecule has 486 valence electrons. The lowest BCUT2D eigenvalue weighted by Gasteiger charge is -2.35. The third-order valence-electron chi connectivity index (χ3n) is 17.4. The Morgan fingerprint density at radius 3 is 2.09 bits per heavy atom. The predicted molar refractivity (Wildman–Crippen MR) is 348 cm³/mol. The van der Waals surface area contributed by atoms with Crippen molar-refractivity contribution in [2.24, 2.45) is 16.8 Å². The Labute approximate surface area is 543 Å². The minimum Gasteiger partial charge on any atom is -0.493 e. The average molecular weight is 1310 g/mol. The first-order valence-corrected chi connectivity index (χ1v) is 34.5. The van der Waals surface area contributed by atoms with Gasteiger partial charge >= 0.3 is 5.97 Å². The number of Topliss-reactive ketones (excluding diaryl/α,β-unsaturated/α-hetero) is 1. The molecule has 6 amide bonds. The Hall–Kier alpha value is -8.06. The van der Waals surface area contributed by atoms with Gasteiger partial charge in [0.05, 0.1) is 37.6 Å². The molecular weight excluding hydrogens is 1240 g/mol. The summed E-state index contributed by atoms with van der Waals surface area (Å²) in [6, 6.07) is 28.0. The van der Waals surface area contributed by atoms with E-state index in [1.807, 2.05) is 79.3 Å². The van der Waals surface area contributed by atoms with Crippen molar-refractivity contribution in [2.75, 3.05) is 25.3 Å². The number of aryl methyl sites for hydroxylation is 2. The molecule has 1 saturated heterocycles. The lowest BCUT2D eigenvalue weighted by molar-refractivity contribution is -0.197. The number of nitrogens with one attached hydrogen (secondary N) is 2. The number of rotatable bonds is 25. The van der Waals surface area contributed by atoms with Crippen molar-refractivity contribution in [1.29, 1.82) is 0 Å². The molecule has 6 atom stereocenters. The molecule has 1 fully saturated rings. The van der Waals surface area contributed by atoms with Gasteiger partial charge in [-0.2, -0.15) is 8.42 Å². The molecule has 92 heavy (non-hydrogen) atoms. The van der Waals surface area contributed by atoms with E-state index >= 15 is 0 Å². The summed E-state index contributed by atoms with van der Waals surface area (Å²) < 4.78 is 48.4. The van der Waals surface area contributed by atoms with Gasteiger partial charge < -0.3 is 39.5 Å². The predicted octanol–water partition coefficient (Wildman–Crippen LogP) is 9.52. The molecule has 2 unspecified atom stereocenters. The molecule has 0 aromatic heterocycles. The second-order valence-corrected chi connectivity index (χ2v) is 29.8. The Balaban J connectivity index is 0.776. The summed E-state index contributed by atoms with van der Waals surface area (Å²) >= 11 is 0. The van der Waals surface area contributed by atoms with Crippen molar-refractivity contribution in [3.05, 3.63) is 147 Å². The molecule has 5 aromatic rings. The molecule has 5 aliphatic rings. The van der Waals surface area contributed by atoms with Crippen LogP contribution in [0.3, 0.4) is 0 Å². The van der Waals surface area contributed by atoms with E-state index < -0.39 is 67.6 Å². The number of ether oxygens (including phenoxy) is 3. The van der Waals surface area contributed by atoms with Crippen molar-refractivity contribution in [1.82, 2.24) is 20.2 Å². The minimum absolute atomic E-state index is 0.0219. The zero-order valence-electron chi connectivity index (χ0n) is 52.7. The van der Waals surface area contributed by atoms with E-state index in [0.717, 1.165) is 42.2 Å². The molecule has 0 spiro atoms. The largest absolute Gasteiger partial charge is 0.493 e. The van der Waals surface area contributed by atoms with Crippen LogP contribution in [0.4, 0.5) is 11.4 Å². The van der Waals surface area contributed by atoms with Gasteiger partial charge in [-0.15, -0.1) is 5.06 Å². The van der Waals surface area contributed by atoms with Crippen molar-refractivity contribution < 1.29 is 70.0 Å². The maximum Gasteiger partial charge on any atom is 0.353 e. The summed E-state index contributed by atoms with van der Waals surface area (Å²) in [5, 5.41) is 4.24. The van der Waals surface area contributed by atoms with Crippen LogP contribution in [0, 0.1) is 18.8 Å². The van der Waals surface area contributed by atoms with E-state index in [9.17, 15) is 46.8 Å². The van der Waals surface area contributed by atoms with Gasteiger partial charge in [-0.1, -0.05) is 84.0 Å². The number of carbonyl (C=O) groups excluding carboxylic acids is 8. The standard InChI is InChI=1S/C68H76N6O15S3/c1-39-23-54-55(69-34-52-30-46-14-10-12-16-49(46)36-73(52)66(54)81)33-57(39)87-37-43-26-44(38-88-59-31-47-17-18-51-29-45-13-9-11-15-48(45)35-72(51)65(80)53(47)32-58(59)85-7)28-50(27-43)71-63(78)40(2)24-56(75)42(4)70-61(76)19-21-68(5,6)91-90-22-20-60(92(83,84)86-8)67(82)89-74-62(77)25-41(3)64(74)79/h9-16,23,26-28,31-34,40-42,51-52,60H,17-22,24-25,29-30,35-38H2,1-8H3,(H,70,76)(H,71,78)/t40-,41?,42+,51-,52+,60?/m1/s1. The van der Waals surface area contributed by atoms with Crippen LogP contribution in [0.25, 0.3) is 0 Å². The van der Waals surface area contributed by atoms with Gasteiger partial charge in [-0.3, -0.25) is 42.7 Å². The molecule has 0 radical (unpaired) electrons. The highest BCUT2D eigenvalue weighted by Crippen LogP contribution is 2.41.